The lowest BCUT2D eigenvalue weighted by Gasteiger charge is -2.09. The summed E-state index contributed by atoms with van der Waals surface area (Å²) in [7, 11) is 0. The lowest BCUT2D eigenvalue weighted by molar-refractivity contribution is -0.136. The molecule has 0 bridgehead atoms. The van der Waals surface area contributed by atoms with Gasteiger partial charge >= 0.3 is 5.97 Å². The molecule has 0 atom stereocenters. The van der Waals surface area contributed by atoms with Gasteiger partial charge in [0.1, 0.15) is 5.82 Å². The number of nitrogens with one attached hydrogen (secondary N) is 1. The molecule has 0 amide bonds. The average molecular weight is 273 g/mol. The molecular formula is C16H16FNO2. The maximum Gasteiger partial charge on any atom is 0.307 e. The molecule has 0 fully saturated rings. The van der Waals surface area contributed by atoms with Gasteiger partial charge in [-0.2, -0.15) is 0 Å². The van der Waals surface area contributed by atoms with E-state index < -0.39 is 11.8 Å². The van der Waals surface area contributed by atoms with E-state index in [1.165, 1.54) is 11.6 Å². The van der Waals surface area contributed by atoms with Crippen molar-refractivity contribution in [2.75, 3.05) is 5.32 Å². The number of aryl methyl sites for hydroxylation is 1. The number of anilines is 2. The second-order valence-electron chi connectivity index (χ2n) is 4.56. The molecular weight excluding hydrogens is 257 g/mol. The standard InChI is InChI=1S/C16H16FNO2/c1-2-11-3-6-13(7-4-11)18-15-8-5-12(9-14(15)17)10-16(19)20/h3-9,18H,2,10H2,1H3,(H,19,20). The lowest BCUT2D eigenvalue weighted by Crippen LogP contribution is -2.01. The van der Waals surface area contributed by atoms with Crippen molar-refractivity contribution in [3.63, 3.8) is 0 Å². The number of hydrogen-bond acceptors (Lipinski definition) is 2. The number of hydrogen-bond donors (Lipinski definition) is 2. The second kappa shape index (κ2) is 6.19. The monoisotopic (exact) mass is 273 g/mol. The summed E-state index contributed by atoms with van der Waals surface area (Å²) in [5.74, 6) is -1.43. The molecule has 0 saturated carbocycles. The topological polar surface area (TPSA) is 49.3 Å². The molecule has 2 aromatic rings. The minimum Gasteiger partial charge on any atom is -0.481 e. The molecule has 2 N–H and O–H groups in total. The van der Waals surface area contributed by atoms with E-state index in [1.54, 1.807) is 12.1 Å². The third-order valence-corrected chi connectivity index (χ3v) is 3.03. The van der Waals surface area contributed by atoms with Gasteiger partial charge < -0.3 is 10.4 Å². The predicted molar refractivity (Wildman–Crippen MR) is 76.8 cm³/mol. The van der Waals surface area contributed by atoms with Crippen molar-refractivity contribution in [3.8, 4) is 0 Å². The van der Waals surface area contributed by atoms with Crippen molar-refractivity contribution in [2.24, 2.45) is 0 Å². The van der Waals surface area contributed by atoms with Gasteiger partial charge in [-0.1, -0.05) is 25.1 Å². The minimum absolute atomic E-state index is 0.178. The normalized spacial score (nSPS) is 10.3. The van der Waals surface area contributed by atoms with Crippen molar-refractivity contribution in [1.82, 2.24) is 0 Å². The first kappa shape index (κ1) is 14.1. The Hall–Kier alpha value is -2.36. The third kappa shape index (κ3) is 3.57. The van der Waals surface area contributed by atoms with E-state index in [2.05, 4.69) is 12.2 Å². The zero-order valence-corrected chi connectivity index (χ0v) is 11.2. The van der Waals surface area contributed by atoms with Crippen LogP contribution >= 0.6 is 0 Å². The summed E-state index contributed by atoms with van der Waals surface area (Å²) in [6.45, 7) is 2.07. The van der Waals surface area contributed by atoms with Crippen LogP contribution in [-0.2, 0) is 17.6 Å². The van der Waals surface area contributed by atoms with Gasteiger partial charge in [0.2, 0.25) is 0 Å². The molecule has 0 aliphatic heterocycles. The summed E-state index contributed by atoms with van der Waals surface area (Å²) in [6.07, 6.45) is 0.779. The Balaban J connectivity index is 2.14. The largest absolute Gasteiger partial charge is 0.481 e. The highest BCUT2D eigenvalue weighted by atomic mass is 19.1. The molecule has 0 saturated heterocycles. The molecule has 0 unspecified atom stereocenters. The van der Waals surface area contributed by atoms with Gasteiger partial charge in [0, 0.05) is 5.69 Å². The molecule has 104 valence electrons. The van der Waals surface area contributed by atoms with Crippen LogP contribution in [0.3, 0.4) is 0 Å². The SMILES string of the molecule is CCc1ccc(Nc2ccc(CC(=O)O)cc2F)cc1. The second-order valence-corrected chi connectivity index (χ2v) is 4.56. The summed E-state index contributed by atoms with van der Waals surface area (Å²) < 4.78 is 13.9. The fourth-order valence-corrected chi connectivity index (χ4v) is 1.92. The molecule has 2 aromatic carbocycles. The van der Waals surface area contributed by atoms with Gasteiger partial charge in [0.25, 0.3) is 0 Å². The molecule has 0 aliphatic rings. The zero-order chi connectivity index (χ0) is 14.5. The Kier molecular flexibility index (Phi) is 4.35. The van der Waals surface area contributed by atoms with Crippen molar-refractivity contribution in [3.05, 3.63) is 59.4 Å². The molecule has 0 heterocycles. The van der Waals surface area contributed by atoms with Crippen LogP contribution in [0.4, 0.5) is 15.8 Å². The van der Waals surface area contributed by atoms with Crippen LogP contribution in [0, 0.1) is 5.82 Å². The van der Waals surface area contributed by atoms with Crippen molar-refractivity contribution in [2.45, 2.75) is 19.8 Å². The van der Waals surface area contributed by atoms with Crippen LogP contribution in [0.1, 0.15) is 18.1 Å². The summed E-state index contributed by atoms with van der Waals surface area (Å²) in [5, 5.41) is 11.7. The van der Waals surface area contributed by atoms with E-state index in [9.17, 15) is 9.18 Å². The fourth-order valence-electron chi connectivity index (χ4n) is 1.92. The van der Waals surface area contributed by atoms with Crippen LogP contribution in [0.5, 0.6) is 0 Å². The van der Waals surface area contributed by atoms with Crippen molar-refractivity contribution < 1.29 is 14.3 Å². The van der Waals surface area contributed by atoms with Gasteiger partial charge in [-0.3, -0.25) is 4.79 Å². The molecule has 4 heteroatoms. The highest BCUT2D eigenvalue weighted by Gasteiger charge is 2.06. The summed E-state index contributed by atoms with van der Waals surface area (Å²) >= 11 is 0. The van der Waals surface area contributed by atoms with Crippen LogP contribution in [0.25, 0.3) is 0 Å². The molecule has 20 heavy (non-hydrogen) atoms. The first-order chi connectivity index (χ1) is 9.58. The first-order valence-corrected chi connectivity index (χ1v) is 6.44. The number of aliphatic carboxylic acids is 1. The number of carboxylic acid groups (broad SMARTS) is 1. The van der Waals surface area contributed by atoms with E-state index in [0.29, 0.717) is 11.3 Å². The fraction of sp³-hybridized carbons (Fsp3) is 0.188. The molecule has 2 rings (SSSR count). The van der Waals surface area contributed by atoms with Gasteiger partial charge in [-0.05, 0) is 41.8 Å². The first-order valence-electron chi connectivity index (χ1n) is 6.44. The Bertz CT molecular complexity index is 608. The molecule has 0 aliphatic carbocycles. The van der Waals surface area contributed by atoms with Crippen LogP contribution in [-0.4, -0.2) is 11.1 Å². The lowest BCUT2D eigenvalue weighted by atomic mass is 10.1. The van der Waals surface area contributed by atoms with E-state index >= 15 is 0 Å². The third-order valence-electron chi connectivity index (χ3n) is 3.03. The maximum atomic E-state index is 13.9. The summed E-state index contributed by atoms with van der Waals surface area (Å²) in [5.41, 5.74) is 2.80. The van der Waals surface area contributed by atoms with Gasteiger partial charge in [0.15, 0.2) is 0 Å². The van der Waals surface area contributed by atoms with Crippen molar-refractivity contribution in [1.29, 1.82) is 0 Å². The number of benzene rings is 2. The molecule has 3 nitrogen and oxygen atoms in total. The van der Waals surface area contributed by atoms with Gasteiger partial charge in [-0.15, -0.1) is 0 Å². The number of carbonyl (C=O) groups is 1. The minimum atomic E-state index is -0.972. The predicted octanol–water partition coefficient (Wildman–Crippen LogP) is 3.76. The van der Waals surface area contributed by atoms with Gasteiger partial charge in [0.05, 0.1) is 12.1 Å². The Morgan fingerprint density at radius 3 is 2.35 bits per heavy atom. The average Bonchev–Trinajstić information content (AvgIpc) is 2.42. The number of rotatable bonds is 5. The van der Waals surface area contributed by atoms with Gasteiger partial charge in [-0.25, -0.2) is 4.39 Å². The van der Waals surface area contributed by atoms with E-state index in [0.717, 1.165) is 12.1 Å². The number of halogens is 1. The molecule has 0 radical (unpaired) electrons. The van der Waals surface area contributed by atoms with Crippen LogP contribution < -0.4 is 5.32 Å². The Morgan fingerprint density at radius 2 is 1.80 bits per heavy atom. The summed E-state index contributed by atoms with van der Waals surface area (Å²) in [4.78, 5) is 10.6. The zero-order valence-electron chi connectivity index (χ0n) is 11.2. The van der Waals surface area contributed by atoms with Crippen molar-refractivity contribution >= 4 is 17.3 Å². The molecule has 0 aromatic heterocycles. The van der Waals surface area contributed by atoms with E-state index in [-0.39, 0.29) is 6.42 Å². The quantitative estimate of drug-likeness (QED) is 0.872. The van der Waals surface area contributed by atoms with Crippen LogP contribution in [0.15, 0.2) is 42.5 Å². The van der Waals surface area contributed by atoms with Crippen LogP contribution in [0.2, 0.25) is 0 Å². The van der Waals surface area contributed by atoms with E-state index in [4.69, 9.17) is 5.11 Å². The smallest absolute Gasteiger partial charge is 0.307 e. The Labute approximate surface area is 117 Å². The highest BCUT2D eigenvalue weighted by Crippen LogP contribution is 2.21. The highest BCUT2D eigenvalue weighted by molar-refractivity contribution is 5.71. The summed E-state index contributed by atoms with van der Waals surface area (Å²) in [6, 6.07) is 12.2. The Morgan fingerprint density at radius 1 is 1.15 bits per heavy atom. The molecule has 0 spiro atoms. The van der Waals surface area contributed by atoms with E-state index in [1.807, 2.05) is 24.3 Å². The maximum absolute atomic E-state index is 13.9. The number of carboxylic acids is 1.